The highest BCUT2D eigenvalue weighted by molar-refractivity contribution is 7.18. The van der Waals surface area contributed by atoms with E-state index < -0.39 is 0 Å². The Morgan fingerprint density at radius 1 is 0.190 bits per heavy atom. The zero-order valence-corrected chi connectivity index (χ0v) is 80.8. The van der Waals surface area contributed by atoms with E-state index in [9.17, 15) is 0 Å². The molecule has 0 saturated heterocycles. The van der Waals surface area contributed by atoms with Gasteiger partial charge in [-0.25, -0.2) is 9.97 Å². The maximum absolute atomic E-state index is 5.12. The Labute approximate surface area is 852 Å². The van der Waals surface area contributed by atoms with Crippen molar-refractivity contribution in [3.05, 3.63) is 475 Å². The van der Waals surface area contributed by atoms with Gasteiger partial charge in [-0.3, -0.25) is 68.9 Å². The number of para-hydroxylation sites is 2. The Kier molecular flexibility index (Phi) is 23.5. The van der Waals surface area contributed by atoms with Crippen LogP contribution in [0.3, 0.4) is 0 Å². The molecule has 0 fully saturated rings. The first kappa shape index (κ1) is 89.0. The van der Waals surface area contributed by atoms with E-state index in [1.165, 1.54) is 54.6 Å². The molecular weight excluding hydrogens is 1850 g/mol. The number of hydrogen-bond donors (Lipinski definition) is 0. The lowest BCUT2D eigenvalue weighted by Gasteiger charge is -2.23. The van der Waals surface area contributed by atoms with Crippen LogP contribution in [0.5, 0.6) is 0 Å². The summed E-state index contributed by atoms with van der Waals surface area (Å²) in [4.78, 5) is 63.4. The highest BCUT2D eigenvalue weighted by Gasteiger charge is 2.37. The summed E-state index contributed by atoms with van der Waals surface area (Å²) in [6.07, 6.45) is 36.6. The summed E-state index contributed by atoms with van der Waals surface area (Å²) in [5.41, 5.74) is 32.5. The number of nitrogens with zero attached hydrogens (tertiary/aromatic N) is 20. The van der Waals surface area contributed by atoms with Crippen LogP contribution in [0.4, 0.5) is 0 Å². The third-order valence-corrected chi connectivity index (χ3v) is 28.9. The Balaban J connectivity index is 0.000000118. The van der Waals surface area contributed by atoms with Crippen LogP contribution in [0.1, 0.15) is 25.0 Å². The lowest BCUT2D eigenvalue weighted by Crippen LogP contribution is -2.15. The maximum Gasteiger partial charge on any atom is 0.148 e. The summed E-state index contributed by atoms with van der Waals surface area (Å²) < 4.78 is 4.50. The average Bonchev–Trinajstić information content (AvgIpc) is 1.55. The zero-order chi connectivity index (χ0) is 98.1. The first-order chi connectivity index (χ1) is 72.6. The fourth-order valence-corrected chi connectivity index (χ4v) is 21.4. The van der Waals surface area contributed by atoms with Crippen molar-refractivity contribution in [2.75, 3.05) is 0 Å². The standard InChI is InChI=1S/C53H38N8.C38H24N4.C34H20N8S2/c1-53(2)45-27-37(51-58-33-49(60(51)41-13-5-3-6-14-41)35-21-25-56-47(29-35)39-11-9-23-54-31-39)17-19-43(45)44-20-18-38(28-46(44)53)52-59-34-50(61(52)42-15-7-4-8-16-42)36-22-26-57-48(30-36)40-12-10-24-55-32-40;1-2-8-32-31(7-1)35-19-25(27-13-17-41-37(21-27)29-5-3-15-39-23-29)9-11-33(35)34-12-10-26(20-36(32)34)28-14-18-42-38(22-28)30-6-4-16-40-24-30;1-2-8-26-25(7-1)27(33-41-39-31(43-33)21-11-15-37-29(17-21)23-5-3-13-35-19-23)9-10-28(26)34-42-40-32(44-34)22-12-16-38-30(18-22)24-6-4-14-36-20-24/h3-34H,1-2H3;1-24H;1-20H. The predicted molar refractivity (Wildman–Crippen MR) is 589 cm³/mol. The quantitative estimate of drug-likeness (QED) is 0.0725. The largest absolute Gasteiger partial charge is 0.292 e. The summed E-state index contributed by atoms with van der Waals surface area (Å²) in [5, 5.41) is 31.3. The van der Waals surface area contributed by atoms with E-state index >= 15 is 0 Å². The molecule has 0 N–H and O–H groups in total. The van der Waals surface area contributed by atoms with Gasteiger partial charge in [0, 0.05) is 206 Å². The molecule has 0 atom stereocenters. The Morgan fingerprint density at radius 2 is 0.469 bits per heavy atom. The SMILES string of the molecule is CC1(C)c2cc(-c3ncc(-c4ccnc(-c5cccnc5)c4)n3-c3ccccc3)ccc2-c2ccc(-c3ncc(-c4ccnc(-c5cccnc5)c4)n3-c3ccccc3)cc21.c1cncc(-c2cc(-c3ccc4c5ccc(-c6ccnc(-c7cccnc7)c6)cc5c5ccccc5c4c3)ccn2)c1.c1cncc(-c2cc(-c3nnc(-c4ccc(-c5nnc(-c6ccnc(-c7cccnc7)c6)s5)c5ccccc45)s3)ccn2)c1. The highest BCUT2D eigenvalue weighted by atomic mass is 32.1. The van der Waals surface area contributed by atoms with E-state index in [0.717, 1.165) is 200 Å². The number of pyridine rings is 12. The minimum atomic E-state index is -0.301. The first-order valence-electron chi connectivity index (χ1n) is 48.0. The summed E-state index contributed by atoms with van der Waals surface area (Å²) in [6.45, 7) is 4.65. The number of fused-ring (bicyclic) bond motifs is 10. The van der Waals surface area contributed by atoms with Crippen LogP contribution in [0.25, 0.3) is 243 Å². The van der Waals surface area contributed by atoms with Gasteiger partial charge < -0.3 is 0 Å². The summed E-state index contributed by atoms with van der Waals surface area (Å²) in [7, 11) is 0. The molecule has 27 rings (SSSR count). The van der Waals surface area contributed by atoms with Crippen LogP contribution in [-0.2, 0) is 5.41 Å². The van der Waals surface area contributed by atoms with Crippen molar-refractivity contribution in [3.8, 4) is 200 Å². The van der Waals surface area contributed by atoms with Gasteiger partial charge in [0.1, 0.15) is 31.7 Å². The highest BCUT2D eigenvalue weighted by Crippen LogP contribution is 2.52. The monoisotopic (exact) mass is 1930 g/mol. The molecular formula is C125H82N20S2. The molecule has 0 amide bonds. The summed E-state index contributed by atoms with van der Waals surface area (Å²) in [6, 6.07) is 118. The molecule has 16 aromatic heterocycles. The van der Waals surface area contributed by atoms with Crippen LogP contribution in [0, 0.1) is 0 Å². The van der Waals surface area contributed by atoms with Crippen molar-refractivity contribution in [1.29, 1.82) is 0 Å². The molecule has 10 aromatic carbocycles. The van der Waals surface area contributed by atoms with E-state index in [2.05, 4.69) is 309 Å². The van der Waals surface area contributed by atoms with Crippen LogP contribution in [0.15, 0.2) is 464 Å². The van der Waals surface area contributed by atoms with Crippen LogP contribution in [-0.4, -0.2) is 99.3 Å². The first-order valence-corrected chi connectivity index (χ1v) is 49.6. The van der Waals surface area contributed by atoms with Crippen LogP contribution < -0.4 is 0 Å². The van der Waals surface area contributed by atoms with Crippen LogP contribution in [0.2, 0.25) is 0 Å². The third kappa shape index (κ3) is 17.4. The summed E-state index contributed by atoms with van der Waals surface area (Å²) >= 11 is 3.12. The third-order valence-electron chi connectivity index (χ3n) is 26.9. The van der Waals surface area contributed by atoms with Gasteiger partial charge in [-0.15, -0.1) is 20.4 Å². The number of imidazole rings is 2. The molecule has 0 unspecified atom stereocenters. The molecule has 1 aliphatic carbocycles. The smallest absolute Gasteiger partial charge is 0.148 e. The van der Waals surface area contributed by atoms with Crippen molar-refractivity contribution >= 4 is 65.8 Å². The molecule has 0 saturated carbocycles. The second-order valence-electron chi connectivity index (χ2n) is 36.0. The van der Waals surface area contributed by atoms with E-state index in [1.807, 2.05) is 208 Å². The van der Waals surface area contributed by atoms with Crippen molar-refractivity contribution in [1.82, 2.24) is 99.3 Å². The second kappa shape index (κ2) is 38.9. The minimum Gasteiger partial charge on any atom is -0.292 e. The molecule has 0 bridgehead atoms. The van der Waals surface area contributed by atoms with Gasteiger partial charge in [0.05, 0.1) is 57.9 Å². The van der Waals surface area contributed by atoms with Gasteiger partial charge in [-0.05, 0) is 282 Å². The lowest BCUT2D eigenvalue weighted by atomic mass is 9.81. The van der Waals surface area contributed by atoms with Crippen molar-refractivity contribution in [3.63, 3.8) is 0 Å². The summed E-state index contributed by atoms with van der Waals surface area (Å²) in [5.74, 6) is 1.74. The average molecular weight is 1930 g/mol. The fraction of sp³-hybridized carbons (Fsp3) is 0.0240. The van der Waals surface area contributed by atoms with E-state index in [4.69, 9.17) is 9.97 Å². The topological polar surface area (TPSA) is 242 Å². The Hall–Kier alpha value is -19.4. The number of rotatable bonds is 18. The predicted octanol–water partition coefficient (Wildman–Crippen LogP) is 29.5. The van der Waals surface area contributed by atoms with E-state index in [-0.39, 0.29) is 5.41 Å². The molecule has 1 aliphatic rings. The Bertz CT molecular complexity index is 8850. The van der Waals surface area contributed by atoms with Gasteiger partial charge in [-0.1, -0.05) is 182 Å². The van der Waals surface area contributed by atoms with E-state index in [1.54, 1.807) is 72.2 Å². The molecule has 26 aromatic rings. The van der Waals surface area contributed by atoms with Crippen molar-refractivity contribution in [2.24, 2.45) is 0 Å². The van der Waals surface area contributed by atoms with Gasteiger partial charge in [-0.2, -0.15) is 0 Å². The van der Waals surface area contributed by atoms with Gasteiger partial charge >= 0.3 is 0 Å². The van der Waals surface area contributed by atoms with Crippen molar-refractivity contribution < 1.29 is 0 Å². The number of aromatic nitrogens is 20. The number of benzene rings is 10. The molecule has 16 heterocycles. The van der Waals surface area contributed by atoms with Gasteiger partial charge in [0.15, 0.2) is 0 Å². The fourth-order valence-electron chi connectivity index (χ4n) is 19.7. The van der Waals surface area contributed by atoms with Crippen LogP contribution >= 0.6 is 22.7 Å². The van der Waals surface area contributed by atoms with E-state index in [0.29, 0.717) is 0 Å². The molecule has 147 heavy (non-hydrogen) atoms. The van der Waals surface area contributed by atoms with Gasteiger partial charge in [0.2, 0.25) is 0 Å². The molecule has 22 heteroatoms. The molecule has 694 valence electrons. The second-order valence-corrected chi connectivity index (χ2v) is 38.0. The minimum absolute atomic E-state index is 0.301. The lowest BCUT2D eigenvalue weighted by molar-refractivity contribution is 0.660. The Morgan fingerprint density at radius 3 is 0.810 bits per heavy atom. The molecule has 0 radical (unpaired) electrons. The normalized spacial score (nSPS) is 11.8. The number of hydrogen-bond acceptors (Lipinski definition) is 20. The van der Waals surface area contributed by atoms with Gasteiger partial charge in [0.25, 0.3) is 0 Å². The van der Waals surface area contributed by atoms with Crippen molar-refractivity contribution in [2.45, 2.75) is 19.3 Å². The maximum atomic E-state index is 5.12. The molecule has 0 spiro atoms. The molecule has 20 nitrogen and oxygen atoms in total. The molecule has 0 aliphatic heterocycles. The zero-order valence-electron chi connectivity index (χ0n) is 79.1.